The van der Waals surface area contributed by atoms with Gasteiger partial charge >= 0.3 is 11.9 Å². The molecule has 2 saturated carbocycles. The van der Waals surface area contributed by atoms with E-state index in [4.69, 9.17) is 19.0 Å². The molecule has 9 aliphatic rings. The second-order valence-corrected chi connectivity index (χ2v) is 16.9. The first-order valence-electron chi connectivity index (χ1n) is 17.4. The molecule has 1 aromatic carbocycles. The molecule has 3 saturated heterocycles. The van der Waals surface area contributed by atoms with Gasteiger partial charge in [-0.2, -0.15) is 0 Å². The molecular formula is C38H43NO7. The van der Waals surface area contributed by atoms with Crippen LogP contribution in [0.1, 0.15) is 90.2 Å². The fraction of sp³-hybridized carbons (Fsp3) is 0.658. The van der Waals surface area contributed by atoms with Gasteiger partial charge in [0.1, 0.15) is 17.8 Å². The first kappa shape index (κ1) is 28.1. The number of hydrogen-bond donors (Lipinski definition) is 1. The van der Waals surface area contributed by atoms with Crippen molar-refractivity contribution < 1.29 is 33.7 Å². The van der Waals surface area contributed by atoms with Crippen molar-refractivity contribution in [3.63, 3.8) is 0 Å². The Morgan fingerprint density at radius 1 is 0.913 bits per heavy atom. The minimum Gasteiger partial charge on any atom is -0.461 e. The third-order valence-electron chi connectivity index (χ3n) is 14.9. The number of carbonyl (C=O) groups excluding carboxylic acids is 2. The van der Waals surface area contributed by atoms with Crippen LogP contribution in [0.3, 0.4) is 0 Å². The average Bonchev–Trinajstić information content (AvgIpc) is 3.58. The first-order valence-corrected chi connectivity index (χ1v) is 17.4. The van der Waals surface area contributed by atoms with Crippen molar-refractivity contribution in [2.24, 2.45) is 39.7 Å². The summed E-state index contributed by atoms with van der Waals surface area (Å²) >= 11 is 0. The van der Waals surface area contributed by atoms with Gasteiger partial charge in [-0.25, -0.2) is 4.79 Å². The molecule has 4 heterocycles. The Bertz CT molecular complexity index is 1740. The largest absolute Gasteiger partial charge is 0.461 e. The van der Waals surface area contributed by atoms with Crippen molar-refractivity contribution in [2.75, 3.05) is 0 Å². The number of oxime groups is 1. The van der Waals surface area contributed by atoms with Gasteiger partial charge in [0.2, 0.25) is 5.60 Å². The van der Waals surface area contributed by atoms with Crippen molar-refractivity contribution >= 4 is 17.7 Å². The van der Waals surface area contributed by atoms with Gasteiger partial charge < -0.3 is 24.2 Å². The zero-order valence-electron chi connectivity index (χ0n) is 27.4. The molecule has 5 aliphatic carbocycles. The van der Waals surface area contributed by atoms with Crippen LogP contribution in [0.4, 0.5) is 0 Å². The molecule has 2 bridgehead atoms. The zero-order valence-corrected chi connectivity index (χ0v) is 27.4. The van der Waals surface area contributed by atoms with Crippen LogP contribution in [0.5, 0.6) is 0 Å². The van der Waals surface area contributed by atoms with Crippen molar-refractivity contribution in [1.82, 2.24) is 0 Å². The number of benzene rings is 1. The highest BCUT2D eigenvalue weighted by Crippen LogP contribution is 2.78. The number of esters is 2. The molecule has 8 nitrogen and oxygen atoms in total. The second kappa shape index (κ2) is 8.18. The Morgan fingerprint density at radius 3 is 2.46 bits per heavy atom. The predicted molar refractivity (Wildman–Crippen MR) is 166 cm³/mol. The fourth-order valence-electron chi connectivity index (χ4n) is 12.7. The highest BCUT2D eigenvalue weighted by atomic mass is 16.7. The van der Waals surface area contributed by atoms with E-state index in [1.807, 2.05) is 38.1 Å². The monoisotopic (exact) mass is 625 g/mol. The zero-order chi connectivity index (χ0) is 31.8. The Labute approximate surface area is 269 Å². The lowest BCUT2D eigenvalue weighted by molar-refractivity contribution is -0.159. The molecule has 10 rings (SSSR count). The SMILES string of the molecule is CC1=CC[C@]23O[C@@]2(C)CC[C@@H]2[C@H](OC(=O)[C@]24C[C@@H]2C[C@]4(C)C4=C2[C@@](C)(O)CC[C@@H]2[C@@H]4OC(=O)[C@@]24CC(c2ccc(C)cc2)=NO4)[C@@H]13. The van der Waals surface area contributed by atoms with Crippen LogP contribution in [0.2, 0.25) is 0 Å². The molecule has 3 spiro atoms. The smallest absolute Gasteiger partial charge is 0.354 e. The molecule has 1 N–H and O–H groups in total. The average molecular weight is 626 g/mol. The van der Waals surface area contributed by atoms with Crippen LogP contribution in [0.15, 0.2) is 52.2 Å². The molecule has 0 amide bonds. The molecule has 4 aliphatic heterocycles. The molecule has 242 valence electrons. The van der Waals surface area contributed by atoms with Crippen LogP contribution in [-0.4, -0.2) is 57.4 Å². The fourth-order valence-corrected chi connectivity index (χ4v) is 12.7. The van der Waals surface area contributed by atoms with Crippen LogP contribution < -0.4 is 0 Å². The van der Waals surface area contributed by atoms with E-state index in [2.05, 4.69) is 32.0 Å². The highest BCUT2D eigenvalue weighted by Gasteiger charge is 2.82. The normalized spacial score (nSPS) is 52.2. The highest BCUT2D eigenvalue weighted by molar-refractivity contribution is 6.05. The van der Waals surface area contributed by atoms with Gasteiger partial charge in [0.05, 0.1) is 28.2 Å². The van der Waals surface area contributed by atoms with E-state index in [9.17, 15) is 14.7 Å². The maximum Gasteiger partial charge on any atom is 0.354 e. The van der Waals surface area contributed by atoms with Gasteiger partial charge in [-0.3, -0.25) is 4.79 Å². The second-order valence-electron chi connectivity index (χ2n) is 16.9. The van der Waals surface area contributed by atoms with Gasteiger partial charge in [-0.15, -0.1) is 0 Å². The van der Waals surface area contributed by atoms with E-state index < -0.39 is 28.1 Å². The standard InChI is InChI=1S/C38H43NO7/c1-19-6-8-21(9-7-19)25-18-37(46-39-25)24-11-13-34(4,42)27-22-16-33(3,28(27)30(24)44-32(37)41)36(17-22)23-12-14-35(5)38(45-35)15-10-20(2)26(38)29(23)43-31(36)40/h6-10,22-24,26,29-30,42H,11-18H2,1-5H3/t22-,23+,24+,26+,29-,30-,33+,34-,35-,36-,37+,38+/m0/s1. The molecule has 46 heavy (non-hydrogen) atoms. The lowest BCUT2D eigenvalue weighted by Gasteiger charge is -2.48. The molecular weight excluding hydrogens is 582 g/mol. The molecule has 0 aromatic heterocycles. The Hall–Kier alpha value is -2.97. The summed E-state index contributed by atoms with van der Waals surface area (Å²) in [5.41, 5.74) is 1.89. The molecule has 12 atom stereocenters. The van der Waals surface area contributed by atoms with Gasteiger partial charge in [0, 0.05) is 23.7 Å². The lowest BCUT2D eigenvalue weighted by atomic mass is 9.52. The topological polar surface area (TPSA) is 107 Å². The summed E-state index contributed by atoms with van der Waals surface area (Å²) in [5.74, 6) is -0.714. The van der Waals surface area contributed by atoms with Crippen LogP contribution in [0.25, 0.3) is 0 Å². The minimum atomic E-state index is -1.25. The van der Waals surface area contributed by atoms with Crippen molar-refractivity contribution in [2.45, 2.75) is 121 Å². The quantitative estimate of drug-likeness (QED) is 0.250. The van der Waals surface area contributed by atoms with E-state index in [0.717, 1.165) is 53.7 Å². The maximum atomic E-state index is 14.6. The van der Waals surface area contributed by atoms with Crippen molar-refractivity contribution in [3.05, 3.63) is 58.2 Å². The summed E-state index contributed by atoms with van der Waals surface area (Å²) < 4.78 is 19.6. The number of epoxide rings is 1. The third-order valence-corrected chi connectivity index (χ3v) is 14.9. The van der Waals surface area contributed by atoms with Gasteiger partial charge in [0.25, 0.3) is 0 Å². The molecule has 1 aromatic rings. The molecule has 5 fully saturated rings. The van der Waals surface area contributed by atoms with E-state index >= 15 is 0 Å². The summed E-state index contributed by atoms with van der Waals surface area (Å²) in [5, 5.41) is 16.6. The number of nitrogens with zero attached hydrogens (tertiary/aromatic N) is 1. The number of carbonyl (C=O) groups is 2. The number of rotatable bonds is 1. The number of hydrogen-bond acceptors (Lipinski definition) is 8. The number of aryl methyl sites for hydroxylation is 1. The van der Waals surface area contributed by atoms with E-state index in [1.165, 1.54) is 5.57 Å². The lowest BCUT2D eigenvalue weighted by Crippen LogP contribution is -2.51. The van der Waals surface area contributed by atoms with Gasteiger partial charge in [0.15, 0.2) is 0 Å². The van der Waals surface area contributed by atoms with Crippen molar-refractivity contribution in [3.8, 4) is 0 Å². The summed E-state index contributed by atoms with van der Waals surface area (Å²) in [7, 11) is 0. The number of fused-ring (bicyclic) bond motifs is 11. The van der Waals surface area contributed by atoms with Crippen LogP contribution in [-0.2, 0) is 28.6 Å². The van der Waals surface area contributed by atoms with E-state index in [-0.39, 0.29) is 52.9 Å². The van der Waals surface area contributed by atoms with Crippen LogP contribution >= 0.6 is 0 Å². The molecule has 0 unspecified atom stereocenters. The number of ether oxygens (including phenoxy) is 3. The summed E-state index contributed by atoms with van der Waals surface area (Å²) in [6, 6.07) is 8.11. The molecule has 0 radical (unpaired) electrons. The van der Waals surface area contributed by atoms with Gasteiger partial charge in [-0.1, -0.05) is 53.6 Å². The summed E-state index contributed by atoms with van der Waals surface area (Å²) in [6.07, 6.45) is 6.91. The van der Waals surface area contributed by atoms with E-state index in [0.29, 0.717) is 25.7 Å². The van der Waals surface area contributed by atoms with Crippen molar-refractivity contribution in [1.29, 1.82) is 0 Å². The maximum absolute atomic E-state index is 14.6. The summed E-state index contributed by atoms with van der Waals surface area (Å²) in [4.78, 5) is 34.8. The minimum absolute atomic E-state index is 0.0255. The third kappa shape index (κ3) is 2.92. The Morgan fingerprint density at radius 2 is 1.67 bits per heavy atom. The Balaban J connectivity index is 1.07. The molecule has 8 heteroatoms. The van der Waals surface area contributed by atoms with E-state index in [1.54, 1.807) is 0 Å². The van der Waals surface area contributed by atoms with Gasteiger partial charge in [-0.05, 0) is 95.3 Å². The summed E-state index contributed by atoms with van der Waals surface area (Å²) in [6.45, 7) is 10.6. The van der Waals surface area contributed by atoms with Crippen LogP contribution in [0, 0.1) is 41.4 Å². The Kier molecular flexibility index (Phi) is 4.99. The number of aliphatic hydroxyl groups is 1. The predicted octanol–water partition coefficient (Wildman–Crippen LogP) is 5.49. The first-order chi connectivity index (χ1) is 21.8.